The van der Waals surface area contributed by atoms with E-state index in [-0.39, 0.29) is 28.7 Å². The van der Waals surface area contributed by atoms with Crippen LogP contribution in [-0.4, -0.2) is 35.6 Å². The largest absolute Gasteiger partial charge is 0.465 e. The number of hydrogen-bond acceptors (Lipinski definition) is 9. The van der Waals surface area contributed by atoms with Crippen LogP contribution in [0.4, 0.5) is 11.4 Å². The van der Waals surface area contributed by atoms with Gasteiger partial charge in [0.05, 0.1) is 23.3 Å². The number of ether oxygens (including phenoxy) is 1. The fraction of sp³-hybridized carbons (Fsp3) is 0.471. The van der Waals surface area contributed by atoms with E-state index in [4.69, 9.17) is 16.2 Å². The van der Waals surface area contributed by atoms with Gasteiger partial charge in [-0.1, -0.05) is 6.42 Å². The van der Waals surface area contributed by atoms with E-state index >= 15 is 0 Å². The third kappa shape index (κ3) is 3.18. The van der Waals surface area contributed by atoms with E-state index < -0.39 is 16.6 Å². The van der Waals surface area contributed by atoms with Gasteiger partial charge in [-0.05, 0) is 38.7 Å². The molecule has 0 atom stereocenters. The van der Waals surface area contributed by atoms with Crippen LogP contribution in [0.25, 0.3) is 0 Å². The Bertz CT molecular complexity index is 857. The highest BCUT2D eigenvalue weighted by Gasteiger charge is 2.43. The normalized spacial score (nSPS) is 18.7. The van der Waals surface area contributed by atoms with Crippen molar-refractivity contribution >= 4 is 29.3 Å². The highest BCUT2D eigenvalue weighted by molar-refractivity contribution is 6.06. The minimum atomic E-state index is -0.759. The number of hydrogen-bond donors (Lipinski definition) is 2. The standard InChI is InChI=1S/C17H22N6O4/c1-10-12(14(24)27-2)8-11(9-13(10)23(25)26)22-16(19)20-15(18)21-17(22)6-4-3-5-7-17/h8-9H,3-7H2,1-2H3,(H4,18,19,20,21). The van der Waals surface area contributed by atoms with E-state index in [0.717, 1.165) is 19.3 Å². The molecular formula is C17H22N6O4. The molecule has 4 N–H and O–H groups in total. The van der Waals surface area contributed by atoms with Crippen molar-refractivity contribution in [1.82, 2.24) is 0 Å². The third-order valence-corrected chi connectivity index (χ3v) is 5.08. The molecule has 0 bridgehead atoms. The lowest BCUT2D eigenvalue weighted by molar-refractivity contribution is -0.385. The first-order valence-corrected chi connectivity index (χ1v) is 8.66. The van der Waals surface area contributed by atoms with Gasteiger partial charge in [-0.2, -0.15) is 4.99 Å². The summed E-state index contributed by atoms with van der Waals surface area (Å²) in [7, 11) is 1.23. The zero-order valence-electron chi connectivity index (χ0n) is 15.3. The molecule has 0 unspecified atom stereocenters. The number of nitrogens with two attached hydrogens (primary N) is 2. The van der Waals surface area contributed by atoms with Crippen molar-refractivity contribution in [3.05, 3.63) is 33.4 Å². The Balaban J connectivity index is 2.21. The zero-order chi connectivity index (χ0) is 19.8. The molecule has 0 aromatic heterocycles. The number of esters is 1. The van der Waals surface area contributed by atoms with Crippen molar-refractivity contribution in [2.75, 3.05) is 12.0 Å². The summed E-state index contributed by atoms with van der Waals surface area (Å²) in [6.45, 7) is 1.51. The monoisotopic (exact) mass is 374 g/mol. The Kier molecular flexibility index (Phi) is 4.73. The van der Waals surface area contributed by atoms with Gasteiger partial charge in [0, 0.05) is 11.6 Å². The minimum Gasteiger partial charge on any atom is -0.465 e. The number of rotatable bonds is 3. The predicted octanol–water partition coefficient (Wildman–Crippen LogP) is 1.80. The van der Waals surface area contributed by atoms with Crippen LogP contribution in [0.5, 0.6) is 0 Å². The second-order valence-electron chi connectivity index (χ2n) is 6.70. The van der Waals surface area contributed by atoms with Crippen molar-refractivity contribution in [3.8, 4) is 0 Å². The van der Waals surface area contributed by atoms with Crippen molar-refractivity contribution in [3.63, 3.8) is 0 Å². The van der Waals surface area contributed by atoms with Crippen LogP contribution in [0.2, 0.25) is 0 Å². The van der Waals surface area contributed by atoms with Gasteiger partial charge in [0.15, 0.2) is 0 Å². The van der Waals surface area contributed by atoms with Crippen LogP contribution in [-0.2, 0) is 4.74 Å². The van der Waals surface area contributed by atoms with E-state index in [1.54, 1.807) is 4.90 Å². The zero-order valence-corrected chi connectivity index (χ0v) is 15.3. The molecule has 3 rings (SSSR count). The van der Waals surface area contributed by atoms with Crippen LogP contribution in [0.3, 0.4) is 0 Å². The lowest BCUT2D eigenvalue weighted by Gasteiger charge is -2.45. The number of methoxy groups -OCH3 is 1. The summed E-state index contributed by atoms with van der Waals surface area (Å²) in [5.41, 5.74) is 11.7. The number of aliphatic imine (C=N–C) groups is 2. The van der Waals surface area contributed by atoms with E-state index in [0.29, 0.717) is 18.5 Å². The number of nitro benzene ring substituents is 1. The van der Waals surface area contributed by atoms with Gasteiger partial charge in [0.1, 0.15) is 5.66 Å². The van der Waals surface area contributed by atoms with Gasteiger partial charge in [-0.3, -0.25) is 15.0 Å². The Morgan fingerprint density at radius 3 is 2.56 bits per heavy atom. The van der Waals surface area contributed by atoms with E-state index in [9.17, 15) is 14.9 Å². The molecule has 1 fully saturated rings. The molecule has 27 heavy (non-hydrogen) atoms. The Hall–Kier alpha value is -3.17. The van der Waals surface area contributed by atoms with Crippen LogP contribution in [0, 0.1) is 17.0 Å². The Morgan fingerprint density at radius 2 is 1.96 bits per heavy atom. The molecule has 1 aromatic rings. The molecule has 1 heterocycles. The molecule has 0 amide bonds. The molecule has 10 heteroatoms. The van der Waals surface area contributed by atoms with Gasteiger partial charge in [-0.15, -0.1) is 0 Å². The summed E-state index contributed by atoms with van der Waals surface area (Å²) in [6.07, 6.45) is 4.25. The first-order chi connectivity index (χ1) is 12.8. The number of nitro groups is 1. The predicted molar refractivity (Wildman–Crippen MR) is 101 cm³/mol. The van der Waals surface area contributed by atoms with E-state index in [1.807, 2.05) is 0 Å². The second-order valence-corrected chi connectivity index (χ2v) is 6.70. The molecule has 0 radical (unpaired) electrons. The highest BCUT2D eigenvalue weighted by Crippen LogP contribution is 2.41. The molecule has 2 aliphatic rings. The van der Waals surface area contributed by atoms with Gasteiger partial charge in [0.25, 0.3) is 5.69 Å². The highest BCUT2D eigenvalue weighted by atomic mass is 16.6. The average molecular weight is 374 g/mol. The lowest BCUT2D eigenvalue weighted by atomic mass is 9.87. The molecule has 1 aromatic carbocycles. The molecule has 1 saturated carbocycles. The maximum Gasteiger partial charge on any atom is 0.338 e. The van der Waals surface area contributed by atoms with Gasteiger partial charge < -0.3 is 16.2 Å². The van der Waals surface area contributed by atoms with Gasteiger partial charge in [0.2, 0.25) is 11.9 Å². The summed E-state index contributed by atoms with van der Waals surface area (Å²) in [5.74, 6) is -0.482. The summed E-state index contributed by atoms with van der Waals surface area (Å²) in [5, 5.41) is 11.5. The summed E-state index contributed by atoms with van der Waals surface area (Å²) < 4.78 is 4.79. The second kappa shape index (κ2) is 6.86. The SMILES string of the molecule is COC(=O)c1cc(N2C(N)=NC(N)=NC23CCCCC3)cc([N+](=O)[O-])c1C. The van der Waals surface area contributed by atoms with Crippen molar-refractivity contribution < 1.29 is 14.5 Å². The molecule has 1 aliphatic carbocycles. The average Bonchev–Trinajstić information content (AvgIpc) is 2.61. The fourth-order valence-electron chi connectivity index (χ4n) is 3.82. The first-order valence-electron chi connectivity index (χ1n) is 8.66. The molecule has 1 aliphatic heterocycles. The maximum absolute atomic E-state index is 12.2. The van der Waals surface area contributed by atoms with Crippen molar-refractivity contribution in [1.29, 1.82) is 0 Å². The fourth-order valence-corrected chi connectivity index (χ4v) is 3.82. The van der Waals surface area contributed by atoms with Crippen molar-refractivity contribution in [2.24, 2.45) is 21.5 Å². The topological polar surface area (TPSA) is 149 Å². The number of guanidine groups is 2. The Labute approximate surface area is 156 Å². The minimum absolute atomic E-state index is 0.0838. The van der Waals surface area contributed by atoms with E-state index in [2.05, 4.69) is 9.98 Å². The Morgan fingerprint density at radius 1 is 1.30 bits per heavy atom. The number of anilines is 1. The maximum atomic E-state index is 12.2. The first kappa shape index (κ1) is 18.6. The van der Waals surface area contributed by atoms with Crippen LogP contribution < -0.4 is 16.4 Å². The van der Waals surface area contributed by atoms with Crippen molar-refractivity contribution in [2.45, 2.75) is 44.7 Å². The number of nitrogens with zero attached hydrogens (tertiary/aromatic N) is 4. The van der Waals surface area contributed by atoms with Crippen LogP contribution in [0.15, 0.2) is 22.1 Å². The quantitative estimate of drug-likeness (QED) is 0.465. The van der Waals surface area contributed by atoms with Gasteiger partial charge >= 0.3 is 5.97 Å². The number of carbonyl (C=O) groups is 1. The smallest absolute Gasteiger partial charge is 0.338 e. The van der Waals surface area contributed by atoms with Gasteiger partial charge in [-0.25, -0.2) is 9.79 Å². The summed E-state index contributed by atoms with van der Waals surface area (Å²) in [6, 6.07) is 2.92. The number of carbonyl (C=O) groups excluding carboxylic acids is 1. The third-order valence-electron chi connectivity index (χ3n) is 5.08. The summed E-state index contributed by atoms with van der Waals surface area (Å²) in [4.78, 5) is 33.4. The molecular weight excluding hydrogens is 352 g/mol. The molecule has 144 valence electrons. The summed E-state index contributed by atoms with van der Waals surface area (Å²) >= 11 is 0. The molecule has 0 saturated heterocycles. The van der Waals surface area contributed by atoms with Crippen LogP contribution >= 0.6 is 0 Å². The lowest BCUT2D eigenvalue weighted by Crippen LogP contribution is -2.58. The van der Waals surface area contributed by atoms with E-state index in [1.165, 1.54) is 26.2 Å². The van der Waals surface area contributed by atoms with Crippen LogP contribution in [0.1, 0.15) is 48.0 Å². The number of benzene rings is 1. The molecule has 10 nitrogen and oxygen atoms in total. The molecule has 1 spiro atoms.